The molecule has 98 valence electrons. The average Bonchev–Trinajstić information content (AvgIpc) is 2.69. The third-order valence-corrected chi connectivity index (χ3v) is 3.23. The zero-order valence-electron chi connectivity index (χ0n) is 11.6. The summed E-state index contributed by atoms with van der Waals surface area (Å²) in [7, 11) is 1.96. The van der Waals surface area contributed by atoms with Gasteiger partial charge in [-0.2, -0.15) is 5.10 Å². The second-order valence-electron chi connectivity index (χ2n) is 5.25. The molecule has 0 radical (unpaired) electrons. The van der Waals surface area contributed by atoms with E-state index in [1.54, 1.807) is 0 Å². The molecule has 0 saturated carbocycles. The number of aromatic nitrogens is 2. The summed E-state index contributed by atoms with van der Waals surface area (Å²) in [6.45, 7) is 6.39. The fourth-order valence-corrected chi connectivity index (χ4v) is 2.31. The van der Waals surface area contributed by atoms with E-state index in [4.69, 9.17) is 5.10 Å². The molecule has 1 heterocycles. The number of aryl methyl sites for hydroxylation is 1. The molecule has 1 N–H and O–H groups in total. The minimum atomic E-state index is 0.767. The monoisotopic (exact) mass is 245 g/mol. The van der Waals surface area contributed by atoms with Gasteiger partial charge in [0, 0.05) is 18.5 Å². The first-order valence-electron chi connectivity index (χ1n) is 6.81. The van der Waals surface area contributed by atoms with Crippen LogP contribution in [0.5, 0.6) is 0 Å². The van der Waals surface area contributed by atoms with Crippen LogP contribution < -0.4 is 5.32 Å². The van der Waals surface area contributed by atoms with Gasteiger partial charge < -0.3 is 5.32 Å². The summed E-state index contributed by atoms with van der Waals surface area (Å²) in [5.41, 5.74) is 2.41. The summed E-state index contributed by atoms with van der Waals surface area (Å²) in [5.74, 6) is 0.767. The van der Waals surface area contributed by atoms with E-state index in [0.717, 1.165) is 24.7 Å². The van der Waals surface area contributed by atoms with Gasteiger partial charge in [0.05, 0.1) is 11.2 Å². The van der Waals surface area contributed by atoms with Crippen LogP contribution in [0.2, 0.25) is 0 Å². The summed E-state index contributed by atoms with van der Waals surface area (Å²) < 4.78 is 2.16. The van der Waals surface area contributed by atoms with Gasteiger partial charge >= 0.3 is 0 Å². The molecule has 0 saturated heterocycles. The van der Waals surface area contributed by atoms with Crippen LogP contribution in [0.4, 0.5) is 0 Å². The fourth-order valence-electron chi connectivity index (χ4n) is 2.31. The Balaban J connectivity index is 2.21. The zero-order valence-corrected chi connectivity index (χ0v) is 11.6. The molecule has 0 bridgehead atoms. The molecule has 2 aromatic rings. The molecule has 3 heteroatoms. The Morgan fingerprint density at radius 2 is 2.06 bits per heavy atom. The molecule has 18 heavy (non-hydrogen) atoms. The second-order valence-corrected chi connectivity index (χ2v) is 5.25. The highest BCUT2D eigenvalue weighted by Crippen LogP contribution is 2.19. The predicted octanol–water partition coefficient (Wildman–Crippen LogP) is 3.19. The molecule has 0 amide bonds. The Kier molecular flexibility index (Phi) is 4.37. The van der Waals surface area contributed by atoms with Gasteiger partial charge in [0.25, 0.3) is 0 Å². The lowest BCUT2D eigenvalue weighted by Gasteiger charge is -2.05. The number of nitrogens with zero attached hydrogens (tertiary/aromatic N) is 2. The van der Waals surface area contributed by atoms with Crippen molar-refractivity contribution in [2.24, 2.45) is 5.92 Å². The third-order valence-electron chi connectivity index (χ3n) is 3.23. The lowest BCUT2D eigenvalue weighted by Crippen LogP contribution is -2.07. The van der Waals surface area contributed by atoms with E-state index >= 15 is 0 Å². The molecular formula is C15H23N3. The van der Waals surface area contributed by atoms with Gasteiger partial charge in [-0.3, -0.25) is 4.68 Å². The number of nitrogens with one attached hydrogen (secondary N) is 1. The van der Waals surface area contributed by atoms with Crippen molar-refractivity contribution in [2.45, 2.75) is 39.8 Å². The smallest absolute Gasteiger partial charge is 0.0841 e. The summed E-state index contributed by atoms with van der Waals surface area (Å²) in [5, 5.41) is 9.19. The Labute approximate surface area is 109 Å². The van der Waals surface area contributed by atoms with Crippen LogP contribution in [0, 0.1) is 5.92 Å². The van der Waals surface area contributed by atoms with Crippen LogP contribution in [-0.2, 0) is 13.1 Å². The van der Waals surface area contributed by atoms with Crippen LogP contribution >= 0.6 is 0 Å². The van der Waals surface area contributed by atoms with Crippen molar-refractivity contribution < 1.29 is 0 Å². The third kappa shape index (κ3) is 2.91. The number of benzene rings is 1. The van der Waals surface area contributed by atoms with Crippen molar-refractivity contribution in [3.8, 4) is 0 Å². The van der Waals surface area contributed by atoms with Crippen LogP contribution in [0.1, 0.15) is 32.4 Å². The Hall–Kier alpha value is -1.35. The predicted molar refractivity (Wildman–Crippen MR) is 76.6 cm³/mol. The normalized spacial score (nSPS) is 11.6. The Morgan fingerprint density at radius 1 is 1.28 bits per heavy atom. The number of fused-ring (bicyclic) bond motifs is 1. The van der Waals surface area contributed by atoms with Gasteiger partial charge in [0.1, 0.15) is 0 Å². The summed E-state index contributed by atoms with van der Waals surface area (Å²) >= 11 is 0. The maximum absolute atomic E-state index is 4.73. The first-order chi connectivity index (χ1) is 8.72. The SMILES string of the molecule is CNCc1nn(CCCC(C)C)c2ccccc12. The van der Waals surface area contributed by atoms with Gasteiger partial charge in [0.2, 0.25) is 0 Å². The van der Waals surface area contributed by atoms with Gasteiger partial charge in [-0.05, 0) is 31.9 Å². The first kappa shape index (κ1) is 13.1. The number of hydrogen-bond acceptors (Lipinski definition) is 2. The molecule has 0 spiro atoms. The Bertz CT molecular complexity index is 499. The molecule has 0 aliphatic rings. The summed E-state index contributed by atoms with van der Waals surface area (Å²) in [6.07, 6.45) is 2.46. The van der Waals surface area contributed by atoms with Crippen LogP contribution in [0.15, 0.2) is 24.3 Å². The van der Waals surface area contributed by atoms with Crippen molar-refractivity contribution >= 4 is 10.9 Å². The van der Waals surface area contributed by atoms with E-state index in [-0.39, 0.29) is 0 Å². The van der Waals surface area contributed by atoms with Gasteiger partial charge in [-0.1, -0.05) is 32.0 Å². The second kappa shape index (κ2) is 6.01. The van der Waals surface area contributed by atoms with Crippen molar-refractivity contribution in [1.82, 2.24) is 15.1 Å². The van der Waals surface area contributed by atoms with Crippen LogP contribution in [-0.4, -0.2) is 16.8 Å². The van der Waals surface area contributed by atoms with Crippen molar-refractivity contribution in [3.63, 3.8) is 0 Å². The lowest BCUT2D eigenvalue weighted by atomic mass is 10.1. The maximum atomic E-state index is 4.73. The van der Waals surface area contributed by atoms with Crippen molar-refractivity contribution in [1.29, 1.82) is 0 Å². The van der Waals surface area contributed by atoms with Gasteiger partial charge in [-0.15, -0.1) is 0 Å². The number of para-hydroxylation sites is 1. The van der Waals surface area contributed by atoms with E-state index < -0.39 is 0 Å². The van der Waals surface area contributed by atoms with E-state index in [2.05, 4.69) is 48.1 Å². The van der Waals surface area contributed by atoms with Crippen LogP contribution in [0.25, 0.3) is 10.9 Å². The average molecular weight is 245 g/mol. The fraction of sp³-hybridized carbons (Fsp3) is 0.533. The van der Waals surface area contributed by atoms with Gasteiger partial charge in [0.15, 0.2) is 0 Å². The van der Waals surface area contributed by atoms with Crippen LogP contribution in [0.3, 0.4) is 0 Å². The van der Waals surface area contributed by atoms with E-state index in [1.165, 1.54) is 23.7 Å². The molecule has 2 rings (SSSR count). The standard InChI is InChI=1S/C15H23N3/c1-12(2)7-6-10-18-15-9-5-4-8-13(15)14(17-18)11-16-3/h4-5,8-9,12,16H,6-7,10-11H2,1-3H3. The topological polar surface area (TPSA) is 29.9 Å². The van der Waals surface area contributed by atoms with E-state index in [1.807, 2.05) is 7.05 Å². The highest BCUT2D eigenvalue weighted by Gasteiger charge is 2.08. The zero-order chi connectivity index (χ0) is 13.0. The molecule has 3 nitrogen and oxygen atoms in total. The quantitative estimate of drug-likeness (QED) is 0.847. The molecule has 0 fully saturated rings. The summed E-state index contributed by atoms with van der Waals surface area (Å²) in [4.78, 5) is 0. The number of hydrogen-bond donors (Lipinski definition) is 1. The van der Waals surface area contributed by atoms with Gasteiger partial charge in [-0.25, -0.2) is 0 Å². The molecule has 1 aromatic carbocycles. The van der Waals surface area contributed by atoms with E-state index in [0.29, 0.717) is 0 Å². The minimum Gasteiger partial charge on any atom is -0.314 e. The molecule has 0 unspecified atom stereocenters. The molecule has 0 atom stereocenters. The highest BCUT2D eigenvalue weighted by molar-refractivity contribution is 5.81. The molecule has 0 aliphatic carbocycles. The minimum absolute atomic E-state index is 0.767. The molecule has 1 aromatic heterocycles. The largest absolute Gasteiger partial charge is 0.314 e. The molecule has 0 aliphatic heterocycles. The highest BCUT2D eigenvalue weighted by atomic mass is 15.3. The number of rotatable bonds is 6. The van der Waals surface area contributed by atoms with Crippen molar-refractivity contribution in [3.05, 3.63) is 30.0 Å². The lowest BCUT2D eigenvalue weighted by molar-refractivity contribution is 0.494. The Morgan fingerprint density at radius 3 is 2.78 bits per heavy atom. The molecular weight excluding hydrogens is 222 g/mol. The van der Waals surface area contributed by atoms with Crippen molar-refractivity contribution in [2.75, 3.05) is 7.05 Å². The maximum Gasteiger partial charge on any atom is 0.0841 e. The first-order valence-corrected chi connectivity index (χ1v) is 6.81. The van der Waals surface area contributed by atoms with E-state index in [9.17, 15) is 0 Å². The summed E-state index contributed by atoms with van der Waals surface area (Å²) in [6, 6.07) is 8.50.